The summed E-state index contributed by atoms with van der Waals surface area (Å²) in [7, 11) is 0. The number of piperazine rings is 1. The van der Waals surface area contributed by atoms with Gasteiger partial charge in [-0.1, -0.05) is 6.92 Å². The first-order chi connectivity index (χ1) is 8.38. The molecule has 17 heavy (non-hydrogen) atoms. The number of hydrogen-bond acceptors (Lipinski definition) is 3. The zero-order valence-electron chi connectivity index (χ0n) is 11.1. The molecule has 0 aromatic heterocycles. The van der Waals surface area contributed by atoms with Crippen molar-refractivity contribution in [3.05, 3.63) is 0 Å². The molecule has 0 N–H and O–H groups in total. The minimum absolute atomic E-state index is 0.841. The Kier molecular flexibility index (Phi) is 3.98. The highest BCUT2D eigenvalue weighted by atomic mass is 32.2. The van der Waals surface area contributed by atoms with Gasteiger partial charge in [-0.15, -0.1) is 0 Å². The number of fused-ring (bicyclic) bond motifs is 1. The first kappa shape index (κ1) is 12.3. The van der Waals surface area contributed by atoms with E-state index in [2.05, 4.69) is 28.5 Å². The Morgan fingerprint density at radius 3 is 2.76 bits per heavy atom. The Morgan fingerprint density at radius 2 is 2.00 bits per heavy atom. The standard InChI is InChI=1S/C14H26N2S/c1-2-12-9-15-7-3-5-13(15)10-16(12)14-6-4-8-17-11-14/h12-14H,2-11H2,1H3. The summed E-state index contributed by atoms with van der Waals surface area (Å²) in [5.74, 6) is 2.79. The average molecular weight is 254 g/mol. The maximum atomic E-state index is 2.89. The lowest BCUT2D eigenvalue weighted by Crippen LogP contribution is -2.59. The largest absolute Gasteiger partial charge is 0.298 e. The Hall–Kier alpha value is 0.270. The molecule has 3 aliphatic rings. The summed E-state index contributed by atoms with van der Waals surface area (Å²) < 4.78 is 0. The predicted octanol–water partition coefficient (Wildman–Crippen LogP) is 2.44. The summed E-state index contributed by atoms with van der Waals surface area (Å²) >= 11 is 2.18. The molecule has 3 aliphatic heterocycles. The van der Waals surface area contributed by atoms with Crippen LogP contribution in [0.5, 0.6) is 0 Å². The van der Waals surface area contributed by atoms with Gasteiger partial charge in [-0.3, -0.25) is 9.80 Å². The number of thioether (sulfide) groups is 1. The van der Waals surface area contributed by atoms with E-state index in [4.69, 9.17) is 0 Å². The van der Waals surface area contributed by atoms with Gasteiger partial charge in [-0.25, -0.2) is 0 Å². The topological polar surface area (TPSA) is 6.48 Å². The van der Waals surface area contributed by atoms with Crippen molar-refractivity contribution in [2.45, 2.75) is 57.2 Å². The number of rotatable bonds is 2. The second-order valence-electron chi connectivity index (χ2n) is 5.92. The van der Waals surface area contributed by atoms with Gasteiger partial charge in [0.05, 0.1) is 0 Å². The fourth-order valence-corrected chi connectivity index (χ4v) is 5.07. The van der Waals surface area contributed by atoms with Crippen LogP contribution < -0.4 is 0 Å². The minimum atomic E-state index is 0.841. The smallest absolute Gasteiger partial charge is 0.0224 e. The molecule has 3 fully saturated rings. The summed E-state index contributed by atoms with van der Waals surface area (Å²) in [6, 6.07) is 2.62. The second-order valence-corrected chi connectivity index (χ2v) is 7.07. The average Bonchev–Trinajstić information content (AvgIpc) is 2.85. The van der Waals surface area contributed by atoms with E-state index in [0.717, 1.165) is 18.1 Å². The maximum absolute atomic E-state index is 2.89. The van der Waals surface area contributed by atoms with Crippen molar-refractivity contribution in [2.75, 3.05) is 31.1 Å². The van der Waals surface area contributed by atoms with Gasteiger partial charge in [0.1, 0.15) is 0 Å². The molecule has 3 atom stereocenters. The quantitative estimate of drug-likeness (QED) is 0.747. The van der Waals surface area contributed by atoms with Crippen LogP contribution in [0.3, 0.4) is 0 Å². The van der Waals surface area contributed by atoms with Gasteiger partial charge < -0.3 is 0 Å². The van der Waals surface area contributed by atoms with Crippen LogP contribution in [0.4, 0.5) is 0 Å². The third kappa shape index (κ3) is 2.52. The van der Waals surface area contributed by atoms with Crippen molar-refractivity contribution >= 4 is 11.8 Å². The van der Waals surface area contributed by atoms with E-state index in [1.54, 1.807) is 0 Å². The van der Waals surface area contributed by atoms with E-state index < -0.39 is 0 Å². The SMILES string of the molecule is CCC1CN2CCCC2CN1C1CCCSC1. The van der Waals surface area contributed by atoms with Crippen molar-refractivity contribution in [1.29, 1.82) is 0 Å². The van der Waals surface area contributed by atoms with E-state index >= 15 is 0 Å². The monoisotopic (exact) mass is 254 g/mol. The van der Waals surface area contributed by atoms with Crippen LogP contribution in [0.1, 0.15) is 39.0 Å². The van der Waals surface area contributed by atoms with Crippen molar-refractivity contribution in [3.63, 3.8) is 0 Å². The number of hydrogen-bond donors (Lipinski definition) is 0. The van der Waals surface area contributed by atoms with E-state index in [1.165, 1.54) is 63.2 Å². The molecule has 0 bridgehead atoms. The van der Waals surface area contributed by atoms with Crippen molar-refractivity contribution < 1.29 is 0 Å². The summed E-state index contributed by atoms with van der Waals surface area (Å²) in [6.07, 6.45) is 7.12. The van der Waals surface area contributed by atoms with Gasteiger partial charge in [-0.05, 0) is 44.4 Å². The lowest BCUT2D eigenvalue weighted by molar-refractivity contribution is 0.0215. The molecule has 3 heteroatoms. The van der Waals surface area contributed by atoms with Crippen molar-refractivity contribution in [2.24, 2.45) is 0 Å². The van der Waals surface area contributed by atoms with Crippen LogP contribution in [0.25, 0.3) is 0 Å². The zero-order chi connectivity index (χ0) is 11.7. The first-order valence-corrected chi connectivity index (χ1v) is 8.61. The van der Waals surface area contributed by atoms with E-state index in [-0.39, 0.29) is 0 Å². The molecule has 0 radical (unpaired) electrons. The maximum Gasteiger partial charge on any atom is 0.0224 e. The van der Waals surface area contributed by atoms with Crippen molar-refractivity contribution in [3.8, 4) is 0 Å². The third-order valence-corrected chi connectivity index (χ3v) is 6.11. The van der Waals surface area contributed by atoms with Crippen LogP contribution in [0.15, 0.2) is 0 Å². The van der Waals surface area contributed by atoms with E-state index in [1.807, 2.05) is 0 Å². The van der Waals surface area contributed by atoms with Gasteiger partial charge in [0.2, 0.25) is 0 Å². The highest BCUT2D eigenvalue weighted by Gasteiger charge is 2.38. The Bertz CT molecular complexity index is 253. The molecule has 0 aliphatic carbocycles. The summed E-state index contributed by atoms with van der Waals surface area (Å²) in [6.45, 7) is 6.46. The van der Waals surface area contributed by atoms with Crippen LogP contribution in [-0.4, -0.2) is 59.1 Å². The Labute approximate surface area is 110 Å². The van der Waals surface area contributed by atoms with Gasteiger partial charge in [0.25, 0.3) is 0 Å². The first-order valence-electron chi connectivity index (χ1n) is 7.46. The molecule has 3 unspecified atom stereocenters. The van der Waals surface area contributed by atoms with Crippen molar-refractivity contribution in [1.82, 2.24) is 9.80 Å². The summed E-state index contributed by atoms with van der Waals surface area (Å²) in [5, 5.41) is 0. The van der Waals surface area contributed by atoms with E-state index in [9.17, 15) is 0 Å². The summed E-state index contributed by atoms with van der Waals surface area (Å²) in [5.41, 5.74) is 0. The number of nitrogens with zero attached hydrogens (tertiary/aromatic N) is 2. The zero-order valence-corrected chi connectivity index (χ0v) is 11.9. The molecule has 0 amide bonds. The molecule has 3 rings (SSSR count). The molecular weight excluding hydrogens is 228 g/mol. The Balaban J connectivity index is 1.67. The van der Waals surface area contributed by atoms with Gasteiger partial charge in [0, 0.05) is 37.0 Å². The molecular formula is C14H26N2S. The van der Waals surface area contributed by atoms with Gasteiger partial charge in [0.15, 0.2) is 0 Å². The highest BCUT2D eigenvalue weighted by molar-refractivity contribution is 7.99. The third-order valence-electron chi connectivity index (χ3n) is 4.91. The van der Waals surface area contributed by atoms with E-state index in [0.29, 0.717) is 0 Å². The molecule has 0 aromatic rings. The fourth-order valence-electron chi connectivity index (χ4n) is 3.91. The minimum Gasteiger partial charge on any atom is -0.298 e. The molecule has 2 nitrogen and oxygen atoms in total. The molecule has 98 valence electrons. The van der Waals surface area contributed by atoms with Crippen LogP contribution in [-0.2, 0) is 0 Å². The normalized spacial score (nSPS) is 40.4. The van der Waals surface area contributed by atoms with Gasteiger partial charge >= 0.3 is 0 Å². The lowest BCUT2D eigenvalue weighted by Gasteiger charge is -2.48. The molecule has 3 heterocycles. The molecule has 0 aromatic carbocycles. The molecule has 0 spiro atoms. The fraction of sp³-hybridized carbons (Fsp3) is 1.00. The molecule has 0 saturated carbocycles. The molecule has 3 saturated heterocycles. The second kappa shape index (κ2) is 5.50. The summed E-state index contributed by atoms with van der Waals surface area (Å²) in [4.78, 5) is 5.65. The van der Waals surface area contributed by atoms with Crippen LogP contribution in [0, 0.1) is 0 Å². The lowest BCUT2D eigenvalue weighted by atomic mass is 10.0. The Morgan fingerprint density at radius 1 is 1.12 bits per heavy atom. The van der Waals surface area contributed by atoms with Gasteiger partial charge in [-0.2, -0.15) is 11.8 Å². The van der Waals surface area contributed by atoms with Crippen LogP contribution in [0.2, 0.25) is 0 Å². The highest BCUT2D eigenvalue weighted by Crippen LogP contribution is 2.31. The van der Waals surface area contributed by atoms with Crippen LogP contribution >= 0.6 is 11.8 Å². The predicted molar refractivity (Wildman–Crippen MR) is 75.7 cm³/mol.